The van der Waals surface area contributed by atoms with E-state index in [1.165, 1.54) is 6.42 Å². The molecule has 1 fully saturated rings. The zero-order valence-corrected chi connectivity index (χ0v) is 7.74. The van der Waals surface area contributed by atoms with Crippen LogP contribution in [0.2, 0.25) is 0 Å². The molecule has 4 nitrogen and oxygen atoms in total. The van der Waals surface area contributed by atoms with Crippen LogP contribution in [-0.4, -0.2) is 29.8 Å². The first-order valence-electron chi connectivity index (χ1n) is 4.80. The van der Waals surface area contributed by atoms with Gasteiger partial charge < -0.3 is 15.6 Å². The van der Waals surface area contributed by atoms with Crippen molar-refractivity contribution in [1.29, 1.82) is 0 Å². The van der Waals surface area contributed by atoms with E-state index < -0.39 is 12.0 Å². The van der Waals surface area contributed by atoms with Crippen molar-refractivity contribution in [3.05, 3.63) is 0 Å². The molecule has 1 unspecified atom stereocenters. The minimum absolute atomic E-state index is 0.235. The third-order valence-corrected chi connectivity index (χ3v) is 2.39. The minimum Gasteiger partial charge on any atom is -0.480 e. The standard InChI is InChI=1S/C9H17NO3/c10-8(9(11)12)5-4-7-3-1-2-6-13-7/h7-8H,1-6,10H2,(H,11,12)/t7?,8-/m1/s1. The molecule has 1 aliphatic rings. The van der Waals surface area contributed by atoms with Gasteiger partial charge in [0.05, 0.1) is 6.10 Å². The van der Waals surface area contributed by atoms with Gasteiger partial charge in [0.2, 0.25) is 0 Å². The van der Waals surface area contributed by atoms with Crippen LogP contribution in [0.3, 0.4) is 0 Å². The first kappa shape index (κ1) is 10.5. The minimum atomic E-state index is -0.921. The van der Waals surface area contributed by atoms with Gasteiger partial charge in [-0.05, 0) is 32.1 Å². The Balaban J connectivity index is 2.13. The van der Waals surface area contributed by atoms with Gasteiger partial charge in [-0.1, -0.05) is 0 Å². The van der Waals surface area contributed by atoms with Crippen LogP contribution in [-0.2, 0) is 9.53 Å². The van der Waals surface area contributed by atoms with Crippen LogP contribution in [0.5, 0.6) is 0 Å². The van der Waals surface area contributed by atoms with Gasteiger partial charge in [0.1, 0.15) is 6.04 Å². The molecule has 1 aliphatic heterocycles. The van der Waals surface area contributed by atoms with Gasteiger partial charge in [0.25, 0.3) is 0 Å². The van der Waals surface area contributed by atoms with E-state index in [1.54, 1.807) is 0 Å². The molecule has 0 aliphatic carbocycles. The molecule has 1 heterocycles. The lowest BCUT2D eigenvalue weighted by Gasteiger charge is -2.22. The highest BCUT2D eigenvalue weighted by atomic mass is 16.5. The summed E-state index contributed by atoms with van der Waals surface area (Å²) in [6.45, 7) is 0.812. The summed E-state index contributed by atoms with van der Waals surface area (Å²) in [7, 11) is 0. The van der Waals surface area contributed by atoms with Crippen LogP contribution in [0.4, 0.5) is 0 Å². The Morgan fingerprint density at radius 1 is 1.62 bits per heavy atom. The van der Waals surface area contributed by atoms with Crippen LogP contribution in [0.25, 0.3) is 0 Å². The van der Waals surface area contributed by atoms with Crippen molar-refractivity contribution in [1.82, 2.24) is 0 Å². The smallest absolute Gasteiger partial charge is 0.320 e. The monoisotopic (exact) mass is 187 g/mol. The summed E-state index contributed by atoms with van der Waals surface area (Å²) in [5.41, 5.74) is 5.38. The summed E-state index contributed by atoms with van der Waals surface area (Å²) < 4.78 is 5.46. The molecule has 0 aromatic carbocycles. The maximum atomic E-state index is 10.4. The average molecular weight is 187 g/mol. The van der Waals surface area contributed by atoms with Crippen molar-refractivity contribution in [2.75, 3.05) is 6.61 Å². The number of rotatable bonds is 4. The van der Waals surface area contributed by atoms with Gasteiger partial charge in [-0.25, -0.2) is 0 Å². The second-order valence-electron chi connectivity index (χ2n) is 3.51. The molecule has 0 saturated carbocycles. The third-order valence-electron chi connectivity index (χ3n) is 2.39. The fourth-order valence-electron chi connectivity index (χ4n) is 1.52. The lowest BCUT2D eigenvalue weighted by atomic mass is 10.0. The molecule has 13 heavy (non-hydrogen) atoms. The Labute approximate surface area is 78.1 Å². The predicted molar refractivity (Wildman–Crippen MR) is 48.4 cm³/mol. The van der Waals surface area contributed by atoms with Gasteiger partial charge in [0.15, 0.2) is 0 Å². The van der Waals surface area contributed by atoms with E-state index in [2.05, 4.69) is 0 Å². The first-order valence-corrected chi connectivity index (χ1v) is 4.80. The molecule has 2 atom stereocenters. The van der Waals surface area contributed by atoms with E-state index in [1.807, 2.05) is 0 Å². The quantitative estimate of drug-likeness (QED) is 0.681. The molecule has 0 amide bonds. The Morgan fingerprint density at radius 2 is 2.38 bits per heavy atom. The number of ether oxygens (including phenoxy) is 1. The highest BCUT2D eigenvalue weighted by molar-refractivity contribution is 5.72. The van der Waals surface area contributed by atoms with Crippen LogP contribution in [0.15, 0.2) is 0 Å². The van der Waals surface area contributed by atoms with Crippen molar-refractivity contribution < 1.29 is 14.6 Å². The fraction of sp³-hybridized carbons (Fsp3) is 0.889. The van der Waals surface area contributed by atoms with Crippen LogP contribution in [0, 0.1) is 0 Å². The van der Waals surface area contributed by atoms with E-state index >= 15 is 0 Å². The third kappa shape index (κ3) is 3.74. The Morgan fingerprint density at radius 3 is 2.92 bits per heavy atom. The van der Waals surface area contributed by atoms with Gasteiger partial charge in [-0.15, -0.1) is 0 Å². The van der Waals surface area contributed by atoms with Crippen LogP contribution in [0.1, 0.15) is 32.1 Å². The second-order valence-corrected chi connectivity index (χ2v) is 3.51. The first-order chi connectivity index (χ1) is 6.20. The van der Waals surface area contributed by atoms with E-state index in [-0.39, 0.29) is 6.10 Å². The number of nitrogens with two attached hydrogens (primary N) is 1. The summed E-state index contributed by atoms with van der Waals surface area (Å²) in [5, 5.41) is 8.55. The Hall–Kier alpha value is -0.610. The van der Waals surface area contributed by atoms with Crippen molar-refractivity contribution in [2.24, 2.45) is 5.73 Å². The molecular formula is C9H17NO3. The van der Waals surface area contributed by atoms with E-state index in [9.17, 15) is 4.79 Å². The molecule has 3 N–H and O–H groups in total. The summed E-state index contributed by atoms with van der Waals surface area (Å²) in [5.74, 6) is -0.921. The summed E-state index contributed by atoms with van der Waals surface area (Å²) in [4.78, 5) is 10.4. The summed E-state index contributed by atoms with van der Waals surface area (Å²) >= 11 is 0. The molecule has 1 rings (SSSR count). The maximum absolute atomic E-state index is 10.4. The van der Waals surface area contributed by atoms with Gasteiger partial charge >= 0.3 is 5.97 Å². The lowest BCUT2D eigenvalue weighted by molar-refractivity contribution is -0.138. The fourth-order valence-corrected chi connectivity index (χ4v) is 1.52. The number of carboxylic acid groups (broad SMARTS) is 1. The predicted octanol–water partition coefficient (Wildman–Crippen LogP) is 0.748. The van der Waals surface area contributed by atoms with E-state index in [0.29, 0.717) is 6.42 Å². The number of carboxylic acids is 1. The largest absolute Gasteiger partial charge is 0.480 e. The molecule has 0 bridgehead atoms. The van der Waals surface area contributed by atoms with Gasteiger partial charge in [-0.2, -0.15) is 0 Å². The molecule has 0 aromatic heterocycles. The highest BCUT2D eigenvalue weighted by Gasteiger charge is 2.17. The van der Waals surface area contributed by atoms with E-state index in [4.69, 9.17) is 15.6 Å². The van der Waals surface area contributed by atoms with Crippen molar-refractivity contribution in [2.45, 2.75) is 44.2 Å². The Kier molecular flexibility index (Phi) is 4.18. The average Bonchev–Trinajstić information content (AvgIpc) is 2.15. The maximum Gasteiger partial charge on any atom is 0.320 e. The van der Waals surface area contributed by atoms with Crippen molar-refractivity contribution >= 4 is 5.97 Å². The molecule has 1 saturated heterocycles. The molecule has 76 valence electrons. The molecule has 0 aromatic rings. The van der Waals surface area contributed by atoms with Crippen LogP contribution >= 0.6 is 0 Å². The van der Waals surface area contributed by atoms with Crippen molar-refractivity contribution in [3.8, 4) is 0 Å². The molecular weight excluding hydrogens is 170 g/mol. The Bertz CT molecular complexity index is 166. The lowest BCUT2D eigenvalue weighted by Crippen LogP contribution is -2.32. The topological polar surface area (TPSA) is 72.5 Å². The molecule has 4 heteroatoms. The molecule has 0 spiro atoms. The van der Waals surface area contributed by atoms with Gasteiger partial charge in [0, 0.05) is 6.61 Å². The molecule has 0 radical (unpaired) electrons. The van der Waals surface area contributed by atoms with Gasteiger partial charge in [-0.3, -0.25) is 4.79 Å². The zero-order valence-electron chi connectivity index (χ0n) is 7.74. The second kappa shape index (κ2) is 5.19. The van der Waals surface area contributed by atoms with Crippen LogP contribution < -0.4 is 5.73 Å². The number of hydrogen-bond acceptors (Lipinski definition) is 3. The number of carbonyl (C=O) groups is 1. The zero-order chi connectivity index (χ0) is 9.68. The van der Waals surface area contributed by atoms with Crippen molar-refractivity contribution in [3.63, 3.8) is 0 Å². The normalized spacial score (nSPS) is 25.5. The SMILES string of the molecule is N[C@H](CCC1CCCCO1)C(=O)O. The summed E-state index contributed by atoms with van der Waals surface area (Å²) in [6, 6.07) is -0.731. The number of hydrogen-bond donors (Lipinski definition) is 2. The number of aliphatic carboxylic acids is 1. The summed E-state index contributed by atoms with van der Waals surface area (Å²) in [6.07, 6.45) is 4.88. The van der Waals surface area contributed by atoms with E-state index in [0.717, 1.165) is 25.9 Å². The highest BCUT2D eigenvalue weighted by Crippen LogP contribution is 2.17.